The Labute approximate surface area is 161 Å². The van der Waals surface area contributed by atoms with Crippen LogP contribution in [-0.4, -0.2) is 41.0 Å². The molecule has 28 heavy (non-hydrogen) atoms. The van der Waals surface area contributed by atoms with Gasteiger partial charge in [-0.05, 0) is 30.5 Å². The average Bonchev–Trinajstić information content (AvgIpc) is 3.53. The van der Waals surface area contributed by atoms with Crippen molar-refractivity contribution in [3.8, 4) is 6.07 Å². The summed E-state index contributed by atoms with van der Waals surface area (Å²) in [5.74, 6) is 0.769. The van der Waals surface area contributed by atoms with Crippen LogP contribution in [0.4, 0.5) is 19.0 Å². The normalized spacial score (nSPS) is 18.1. The van der Waals surface area contributed by atoms with E-state index in [2.05, 4.69) is 20.9 Å². The highest BCUT2D eigenvalue weighted by Gasteiger charge is 2.37. The topological polar surface area (TPSA) is 56.1 Å². The molecule has 2 heterocycles. The molecule has 1 aromatic carbocycles. The van der Waals surface area contributed by atoms with Crippen molar-refractivity contribution in [3.05, 3.63) is 53.0 Å². The second kappa shape index (κ2) is 7.40. The van der Waals surface area contributed by atoms with Gasteiger partial charge in [0.25, 0.3) is 0 Å². The molecule has 5 nitrogen and oxygen atoms in total. The molecule has 2 fully saturated rings. The lowest BCUT2D eigenvalue weighted by atomic mass is 10.1. The molecule has 0 unspecified atom stereocenters. The summed E-state index contributed by atoms with van der Waals surface area (Å²) in [6.45, 7) is 3.47. The van der Waals surface area contributed by atoms with Crippen LogP contribution < -0.4 is 4.90 Å². The third-order valence-corrected chi connectivity index (χ3v) is 5.15. The molecule has 2 aromatic rings. The summed E-state index contributed by atoms with van der Waals surface area (Å²) in [4.78, 5) is 12.3. The highest BCUT2D eigenvalue weighted by Crippen LogP contribution is 2.40. The Balaban J connectivity index is 1.43. The maximum atomic E-state index is 13.2. The highest BCUT2D eigenvalue weighted by molar-refractivity contribution is 5.42. The third-order valence-electron chi connectivity index (χ3n) is 5.15. The number of anilines is 1. The minimum atomic E-state index is -4.46. The van der Waals surface area contributed by atoms with Gasteiger partial charge in [0.1, 0.15) is 17.3 Å². The molecule has 1 saturated heterocycles. The van der Waals surface area contributed by atoms with E-state index < -0.39 is 11.9 Å². The summed E-state index contributed by atoms with van der Waals surface area (Å²) in [5.41, 5.74) is 0.897. The number of hydrogen-bond donors (Lipinski definition) is 0. The summed E-state index contributed by atoms with van der Waals surface area (Å²) >= 11 is 0. The number of piperazine rings is 1. The van der Waals surface area contributed by atoms with Crippen molar-refractivity contribution in [2.75, 3.05) is 31.1 Å². The molecule has 146 valence electrons. The van der Waals surface area contributed by atoms with Gasteiger partial charge in [0.15, 0.2) is 0 Å². The lowest BCUT2D eigenvalue weighted by Gasteiger charge is -2.35. The summed E-state index contributed by atoms with van der Waals surface area (Å²) in [7, 11) is 0. The Morgan fingerprint density at radius 2 is 1.71 bits per heavy atom. The molecule has 0 radical (unpaired) electrons. The van der Waals surface area contributed by atoms with E-state index in [1.54, 1.807) is 12.1 Å². The van der Waals surface area contributed by atoms with Crippen molar-refractivity contribution in [2.24, 2.45) is 0 Å². The fourth-order valence-electron chi connectivity index (χ4n) is 3.36. The van der Waals surface area contributed by atoms with Crippen LogP contribution in [0.2, 0.25) is 0 Å². The van der Waals surface area contributed by atoms with E-state index in [0.717, 1.165) is 44.1 Å². The Bertz CT molecular complexity index is 876. The van der Waals surface area contributed by atoms with Crippen molar-refractivity contribution in [1.29, 1.82) is 5.26 Å². The number of hydrogen-bond acceptors (Lipinski definition) is 5. The van der Waals surface area contributed by atoms with Gasteiger partial charge in [-0.1, -0.05) is 12.1 Å². The van der Waals surface area contributed by atoms with Crippen LogP contribution in [0.5, 0.6) is 0 Å². The number of benzene rings is 1. The van der Waals surface area contributed by atoms with Gasteiger partial charge < -0.3 is 4.90 Å². The molecule has 0 atom stereocenters. The van der Waals surface area contributed by atoms with E-state index in [9.17, 15) is 13.2 Å². The third kappa shape index (κ3) is 4.25. The Kier molecular flexibility index (Phi) is 4.94. The van der Waals surface area contributed by atoms with Crippen LogP contribution in [0, 0.1) is 11.3 Å². The fraction of sp³-hybridized carbons (Fsp3) is 0.450. The van der Waals surface area contributed by atoms with Gasteiger partial charge in [-0.15, -0.1) is 0 Å². The summed E-state index contributed by atoms with van der Waals surface area (Å²) in [6.07, 6.45) is -2.74. The van der Waals surface area contributed by atoms with Crippen molar-refractivity contribution >= 4 is 5.82 Å². The average molecular weight is 387 g/mol. The van der Waals surface area contributed by atoms with Crippen LogP contribution in [0.3, 0.4) is 0 Å². The van der Waals surface area contributed by atoms with Crippen molar-refractivity contribution in [1.82, 2.24) is 14.9 Å². The molecule has 1 aliphatic carbocycles. The lowest BCUT2D eigenvalue weighted by Crippen LogP contribution is -2.46. The minimum absolute atomic E-state index is 0.0683. The first kappa shape index (κ1) is 18.7. The number of alkyl halides is 3. The van der Waals surface area contributed by atoms with E-state index in [-0.39, 0.29) is 5.92 Å². The molecule has 4 rings (SSSR count). The van der Waals surface area contributed by atoms with Gasteiger partial charge in [0.2, 0.25) is 0 Å². The van der Waals surface area contributed by atoms with Crippen LogP contribution in [0.1, 0.15) is 41.4 Å². The second-order valence-electron chi connectivity index (χ2n) is 7.31. The van der Waals surface area contributed by atoms with E-state index in [1.807, 2.05) is 17.0 Å². The van der Waals surface area contributed by atoms with Crippen molar-refractivity contribution in [2.45, 2.75) is 31.5 Å². The maximum Gasteiger partial charge on any atom is 0.433 e. The van der Waals surface area contributed by atoms with E-state index in [0.29, 0.717) is 30.3 Å². The van der Waals surface area contributed by atoms with E-state index in [4.69, 9.17) is 5.26 Å². The summed E-state index contributed by atoms with van der Waals surface area (Å²) in [6, 6.07) is 10.6. The van der Waals surface area contributed by atoms with Gasteiger partial charge >= 0.3 is 6.18 Å². The van der Waals surface area contributed by atoms with Crippen molar-refractivity contribution < 1.29 is 13.2 Å². The SMILES string of the molecule is N#Cc1ccc(CN2CCN(c3cc(C(F)(F)F)nc(C4CC4)n3)CC2)cc1. The number of halogens is 3. The van der Waals surface area contributed by atoms with Crippen LogP contribution >= 0.6 is 0 Å². The molecule has 1 saturated carbocycles. The molecule has 1 aliphatic heterocycles. The first-order chi connectivity index (χ1) is 13.4. The molecular weight excluding hydrogens is 367 g/mol. The number of nitrogens with zero attached hydrogens (tertiary/aromatic N) is 5. The van der Waals surface area contributed by atoms with Gasteiger partial charge in [-0.2, -0.15) is 18.4 Å². The molecule has 1 aromatic heterocycles. The molecule has 2 aliphatic rings. The number of aromatic nitrogens is 2. The Morgan fingerprint density at radius 1 is 1.04 bits per heavy atom. The predicted molar refractivity (Wildman–Crippen MR) is 97.7 cm³/mol. The Morgan fingerprint density at radius 3 is 2.29 bits per heavy atom. The highest BCUT2D eigenvalue weighted by atomic mass is 19.4. The number of nitriles is 1. The molecule has 0 amide bonds. The molecule has 0 N–H and O–H groups in total. The zero-order chi connectivity index (χ0) is 19.7. The lowest BCUT2D eigenvalue weighted by molar-refractivity contribution is -0.141. The van der Waals surface area contributed by atoms with Gasteiger partial charge in [-0.3, -0.25) is 4.90 Å². The Hall–Kier alpha value is -2.66. The van der Waals surface area contributed by atoms with E-state index in [1.165, 1.54) is 0 Å². The first-order valence-electron chi connectivity index (χ1n) is 9.35. The zero-order valence-corrected chi connectivity index (χ0v) is 15.3. The second-order valence-corrected chi connectivity index (χ2v) is 7.31. The van der Waals surface area contributed by atoms with E-state index >= 15 is 0 Å². The monoisotopic (exact) mass is 387 g/mol. The largest absolute Gasteiger partial charge is 0.433 e. The van der Waals surface area contributed by atoms with Gasteiger partial charge in [0, 0.05) is 44.7 Å². The van der Waals surface area contributed by atoms with Crippen molar-refractivity contribution in [3.63, 3.8) is 0 Å². The first-order valence-corrected chi connectivity index (χ1v) is 9.35. The summed E-state index contributed by atoms with van der Waals surface area (Å²) < 4.78 is 39.7. The zero-order valence-electron chi connectivity index (χ0n) is 15.3. The van der Waals surface area contributed by atoms with Gasteiger partial charge in [0.05, 0.1) is 11.6 Å². The fourth-order valence-corrected chi connectivity index (χ4v) is 3.36. The minimum Gasteiger partial charge on any atom is -0.354 e. The smallest absolute Gasteiger partial charge is 0.354 e. The van der Waals surface area contributed by atoms with Crippen LogP contribution in [0.25, 0.3) is 0 Å². The molecule has 8 heteroatoms. The summed E-state index contributed by atoms with van der Waals surface area (Å²) in [5, 5.41) is 8.87. The standard InChI is InChI=1S/C20H20F3N5/c21-20(22,23)17-11-18(26-19(25-17)16-5-6-16)28-9-7-27(8-10-28)13-15-3-1-14(12-24)2-4-15/h1-4,11,16H,5-10,13H2. The number of rotatable bonds is 4. The predicted octanol–water partition coefficient (Wildman–Crippen LogP) is 3.57. The molecule has 0 spiro atoms. The molecular formula is C20H20F3N5. The van der Waals surface area contributed by atoms with Crippen LogP contribution in [-0.2, 0) is 12.7 Å². The van der Waals surface area contributed by atoms with Crippen LogP contribution in [0.15, 0.2) is 30.3 Å². The maximum absolute atomic E-state index is 13.2. The molecule has 0 bridgehead atoms. The quantitative estimate of drug-likeness (QED) is 0.803. The van der Waals surface area contributed by atoms with Gasteiger partial charge in [-0.25, -0.2) is 9.97 Å².